The van der Waals surface area contributed by atoms with Gasteiger partial charge < -0.3 is 14.8 Å². The zero-order valence-electron chi connectivity index (χ0n) is 16.6. The number of benzene rings is 1. The van der Waals surface area contributed by atoms with Crippen molar-refractivity contribution in [1.82, 2.24) is 14.8 Å². The molecule has 31 heavy (non-hydrogen) atoms. The first-order valence-corrected chi connectivity index (χ1v) is 9.43. The van der Waals surface area contributed by atoms with Crippen molar-refractivity contribution in [3.8, 4) is 11.1 Å². The number of halogens is 5. The maximum absolute atomic E-state index is 13.7. The molecule has 1 saturated heterocycles. The number of aromatic nitrogens is 1. The van der Waals surface area contributed by atoms with Crippen molar-refractivity contribution in [2.75, 3.05) is 19.6 Å². The molecule has 0 aliphatic carbocycles. The van der Waals surface area contributed by atoms with Crippen molar-refractivity contribution in [2.45, 2.75) is 25.7 Å². The molecule has 3 rings (SSSR count). The van der Waals surface area contributed by atoms with Gasteiger partial charge in [-0.1, -0.05) is 12.6 Å². The summed E-state index contributed by atoms with van der Waals surface area (Å²) in [6.07, 6.45) is -3.32. The minimum atomic E-state index is -4.90. The van der Waals surface area contributed by atoms with Crippen LogP contribution in [0.3, 0.4) is 0 Å². The Kier molecular flexibility index (Phi) is 6.19. The number of nitrogens with one attached hydrogen (secondary N) is 1. The van der Waals surface area contributed by atoms with Crippen LogP contribution >= 0.6 is 0 Å². The maximum atomic E-state index is 13.7. The molecule has 1 unspecified atom stereocenters. The summed E-state index contributed by atoms with van der Waals surface area (Å²) in [5.74, 6) is -2.57. The van der Waals surface area contributed by atoms with Gasteiger partial charge in [0, 0.05) is 30.2 Å². The van der Waals surface area contributed by atoms with Gasteiger partial charge in [0.25, 0.3) is 5.91 Å². The lowest BCUT2D eigenvalue weighted by Crippen LogP contribution is -2.40. The number of likely N-dealkylation sites (tertiary alicyclic amines) is 1. The molecule has 2 amide bonds. The van der Waals surface area contributed by atoms with Crippen LogP contribution < -0.4 is 0 Å². The van der Waals surface area contributed by atoms with Gasteiger partial charge in [-0.05, 0) is 31.0 Å². The van der Waals surface area contributed by atoms with Crippen LogP contribution in [0, 0.1) is 12.7 Å². The van der Waals surface area contributed by atoms with Crippen LogP contribution in [-0.2, 0) is 11.0 Å². The Hall–Kier alpha value is -3.17. The van der Waals surface area contributed by atoms with E-state index < -0.39 is 42.1 Å². The third-order valence-electron chi connectivity index (χ3n) is 5.14. The molecule has 0 radical (unpaired) electrons. The molecule has 1 atom stereocenters. The summed E-state index contributed by atoms with van der Waals surface area (Å²) >= 11 is 0. The van der Waals surface area contributed by atoms with Gasteiger partial charge in [-0.25, -0.2) is 8.78 Å². The quantitative estimate of drug-likeness (QED) is 0.704. The number of H-pyrrole nitrogens is 1. The number of alkyl halides is 4. The first-order chi connectivity index (χ1) is 14.5. The molecule has 1 aromatic heterocycles. The molecular formula is C21H20F5N3O2. The van der Waals surface area contributed by atoms with Crippen LogP contribution in [0.1, 0.15) is 28.0 Å². The molecular weight excluding hydrogens is 421 g/mol. The SMILES string of the molecule is C=CN(CC(=O)N1CCC(F)C1)C(=O)c1c(-c2ccc(F)c(C(F)(F)F)c2)c[nH]c1C. The number of hydrogen-bond acceptors (Lipinski definition) is 2. The first-order valence-electron chi connectivity index (χ1n) is 9.43. The third kappa shape index (κ3) is 4.62. The van der Waals surface area contributed by atoms with Crippen LogP contribution in [0.4, 0.5) is 22.0 Å². The van der Waals surface area contributed by atoms with Crippen LogP contribution in [0.2, 0.25) is 0 Å². The average Bonchev–Trinajstić information content (AvgIpc) is 3.30. The van der Waals surface area contributed by atoms with E-state index in [0.717, 1.165) is 17.2 Å². The molecule has 0 saturated carbocycles. The highest BCUT2D eigenvalue weighted by atomic mass is 19.4. The van der Waals surface area contributed by atoms with E-state index >= 15 is 0 Å². The van der Waals surface area contributed by atoms with E-state index in [1.807, 2.05) is 0 Å². The number of amides is 2. The number of rotatable bonds is 5. The Morgan fingerprint density at radius 1 is 1.35 bits per heavy atom. The van der Waals surface area contributed by atoms with E-state index in [9.17, 15) is 31.5 Å². The lowest BCUT2D eigenvalue weighted by molar-refractivity contribution is -0.140. The lowest BCUT2D eigenvalue weighted by Gasteiger charge is -2.22. The molecule has 0 bridgehead atoms. The largest absolute Gasteiger partial charge is 0.419 e. The van der Waals surface area contributed by atoms with Gasteiger partial charge in [0.15, 0.2) is 0 Å². The van der Waals surface area contributed by atoms with Crippen molar-refractivity contribution in [3.05, 3.63) is 59.8 Å². The summed E-state index contributed by atoms with van der Waals surface area (Å²) in [6.45, 7) is 4.87. The molecule has 1 fully saturated rings. The topological polar surface area (TPSA) is 56.4 Å². The van der Waals surface area contributed by atoms with E-state index in [2.05, 4.69) is 11.6 Å². The minimum absolute atomic E-state index is 0.0171. The van der Waals surface area contributed by atoms with E-state index in [4.69, 9.17) is 0 Å². The van der Waals surface area contributed by atoms with Gasteiger partial charge >= 0.3 is 6.18 Å². The van der Waals surface area contributed by atoms with Crippen molar-refractivity contribution >= 4 is 11.8 Å². The highest BCUT2D eigenvalue weighted by molar-refractivity contribution is 6.03. The van der Waals surface area contributed by atoms with Crippen LogP contribution in [-0.4, -0.2) is 52.4 Å². The Morgan fingerprint density at radius 2 is 2.06 bits per heavy atom. The lowest BCUT2D eigenvalue weighted by atomic mass is 9.99. The van der Waals surface area contributed by atoms with Crippen molar-refractivity contribution in [1.29, 1.82) is 0 Å². The molecule has 166 valence electrons. The number of carbonyl (C=O) groups excluding carboxylic acids is 2. The van der Waals surface area contributed by atoms with Gasteiger partial charge in [-0.2, -0.15) is 13.2 Å². The maximum Gasteiger partial charge on any atom is 0.419 e. The predicted molar refractivity (Wildman–Crippen MR) is 103 cm³/mol. The zero-order valence-corrected chi connectivity index (χ0v) is 16.6. The second-order valence-electron chi connectivity index (χ2n) is 7.24. The number of hydrogen-bond donors (Lipinski definition) is 1. The molecule has 5 nitrogen and oxygen atoms in total. The van der Waals surface area contributed by atoms with Crippen LogP contribution in [0.15, 0.2) is 37.2 Å². The molecule has 2 heterocycles. The van der Waals surface area contributed by atoms with Crippen LogP contribution in [0.25, 0.3) is 11.1 Å². The zero-order chi connectivity index (χ0) is 22.9. The molecule has 10 heteroatoms. The Balaban J connectivity index is 1.92. The summed E-state index contributed by atoms with van der Waals surface area (Å²) in [5.41, 5.74) is -0.971. The number of carbonyl (C=O) groups is 2. The Morgan fingerprint density at radius 3 is 2.65 bits per heavy atom. The van der Waals surface area contributed by atoms with Crippen molar-refractivity contribution < 1.29 is 31.5 Å². The summed E-state index contributed by atoms with van der Waals surface area (Å²) in [5, 5.41) is 0. The molecule has 2 aromatic rings. The fraction of sp³-hybridized carbons (Fsp3) is 0.333. The number of aryl methyl sites for hydroxylation is 1. The third-order valence-corrected chi connectivity index (χ3v) is 5.14. The first kappa shape index (κ1) is 22.5. The molecule has 1 aromatic carbocycles. The highest BCUT2D eigenvalue weighted by Crippen LogP contribution is 2.36. The normalized spacial score (nSPS) is 16.5. The van der Waals surface area contributed by atoms with E-state index in [-0.39, 0.29) is 36.2 Å². The molecule has 1 aliphatic heterocycles. The average molecular weight is 441 g/mol. The summed E-state index contributed by atoms with van der Waals surface area (Å²) in [4.78, 5) is 30.6. The molecule has 1 N–H and O–H groups in total. The molecule has 0 spiro atoms. The second-order valence-corrected chi connectivity index (χ2v) is 7.24. The highest BCUT2D eigenvalue weighted by Gasteiger charge is 2.35. The van der Waals surface area contributed by atoms with Gasteiger partial charge in [-0.15, -0.1) is 0 Å². The van der Waals surface area contributed by atoms with Gasteiger partial charge in [-0.3, -0.25) is 9.59 Å². The Bertz CT molecular complexity index is 1010. The summed E-state index contributed by atoms with van der Waals surface area (Å²) in [6, 6.07) is 2.45. The van der Waals surface area contributed by atoms with Gasteiger partial charge in [0.05, 0.1) is 17.7 Å². The minimum Gasteiger partial charge on any atom is -0.364 e. The van der Waals surface area contributed by atoms with Gasteiger partial charge in [0.1, 0.15) is 18.5 Å². The van der Waals surface area contributed by atoms with Gasteiger partial charge in [0.2, 0.25) is 5.91 Å². The van der Waals surface area contributed by atoms with E-state index in [0.29, 0.717) is 17.8 Å². The second kappa shape index (κ2) is 8.52. The number of nitrogens with zero attached hydrogens (tertiary/aromatic N) is 2. The number of aromatic amines is 1. The van der Waals surface area contributed by atoms with E-state index in [1.165, 1.54) is 11.1 Å². The van der Waals surface area contributed by atoms with Crippen molar-refractivity contribution in [3.63, 3.8) is 0 Å². The van der Waals surface area contributed by atoms with Crippen LogP contribution in [0.5, 0.6) is 0 Å². The Labute approximate surface area is 175 Å². The smallest absolute Gasteiger partial charge is 0.364 e. The molecule has 1 aliphatic rings. The fourth-order valence-electron chi connectivity index (χ4n) is 3.49. The van der Waals surface area contributed by atoms with Crippen molar-refractivity contribution in [2.24, 2.45) is 0 Å². The standard InChI is InChI=1S/C21H20F5N3O2/c1-3-28(11-18(30)29-7-6-14(22)10-29)20(31)19-12(2)27-9-15(19)13-4-5-17(23)16(8-13)21(24,25)26/h3-5,8-9,14,27H,1,6-7,10-11H2,2H3. The summed E-state index contributed by atoms with van der Waals surface area (Å²) in [7, 11) is 0. The monoisotopic (exact) mass is 441 g/mol. The summed E-state index contributed by atoms with van der Waals surface area (Å²) < 4.78 is 66.3. The predicted octanol–water partition coefficient (Wildman–Crippen LogP) is 4.30. The van der Waals surface area contributed by atoms with E-state index in [1.54, 1.807) is 6.92 Å². The fourth-order valence-corrected chi connectivity index (χ4v) is 3.49.